The van der Waals surface area contributed by atoms with Crippen LogP contribution in [0.15, 0.2) is 0 Å². The number of hydrogen-bond acceptors (Lipinski definition) is 5. The molecule has 17 heavy (non-hydrogen) atoms. The van der Waals surface area contributed by atoms with Gasteiger partial charge in [-0.05, 0) is 42.7 Å². The van der Waals surface area contributed by atoms with E-state index < -0.39 is 0 Å². The zero-order valence-corrected chi connectivity index (χ0v) is 11.6. The number of aromatic nitrogens is 3. The van der Waals surface area contributed by atoms with Crippen molar-refractivity contribution in [1.29, 1.82) is 0 Å². The Morgan fingerprint density at radius 3 is 2.24 bits per heavy atom. The highest BCUT2D eigenvalue weighted by Crippen LogP contribution is 2.09. The smallest absolute Gasteiger partial charge is 0.228 e. The first-order chi connectivity index (χ1) is 8.15. The molecule has 1 aromatic heterocycles. The third-order valence-electron chi connectivity index (χ3n) is 2.28. The van der Waals surface area contributed by atoms with Gasteiger partial charge in [-0.2, -0.15) is 15.0 Å². The van der Waals surface area contributed by atoms with Crippen LogP contribution in [0.25, 0.3) is 0 Å². The molecular weight excluding hydrogens is 261 g/mol. The SMILES string of the molecule is CCCN(CC)CCNc1nc(Cl)nc(Cl)n1. The Balaban J connectivity index is 2.39. The predicted octanol–water partition coefficient (Wildman–Crippen LogP) is 2.32. The number of hydrogen-bond donors (Lipinski definition) is 1. The first kappa shape index (κ1) is 14.4. The van der Waals surface area contributed by atoms with Crippen LogP contribution in [-0.4, -0.2) is 46.0 Å². The molecule has 0 radical (unpaired) electrons. The second-order valence-corrected chi connectivity index (χ2v) is 4.23. The minimum absolute atomic E-state index is 0.105. The molecule has 0 amide bonds. The van der Waals surface area contributed by atoms with Crippen molar-refractivity contribution in [3.05, 3.63) is 10.6 Å². The second kappa shape index (κ2) is 7.63. The van der Waals surface area contributed by atoms with E-state index in [9.17, 15) is 0 Å². The summed E-state index contributed by atoms with van der Waals surface area (Å²) in [6.45, 7) is 8.13. The van der Waals surface area contributed by atoms with Gasteiger partial charge in [-0.3, -0.25) is 0 Å². The van der Waals surface area contributed by atoms with Gasteiger partial charge in [0.05, 0.1) is 0 Å². The van der Waals surface area contributed by atoms with Gasteiger partial charge in [-0.1, -0.05) is 13.8 Å². The molecule has 0 aliphatic carbocycles. The predicted molar refractivity (Wildman–Crippen MR) is 70.7 cm³/mol. The average Bonchev–Trinajstić information content (AvgIpc) is 2.26. The summed E-state index contributed by atoms with van der Waals surface area (Å²) in [5.74, 6) is 0.419. The van der Waals surface area contributed by atoms with Crippen LogP contribution >= 0.6 is 23.2 Å². The summed E-state index contributed by atoms with van der Waals surface area (Å²) in [5, 5.41) is 3.29. The molecular formula is C10H17Cl2N5. The van der Waals surface area contributed by atoms with E-state index in [1.807, 2.05) is 0 Å². The number of nitrogens with zero attached hydrogens (tertiary/aromatic N) is 4. The van der Waals surface area contributed by atoms with Crippen molar-refractivity contribution in [2.75, 3.05) is 31.5 Å². The van der Waals surface area contributed by atoms with E-state index in [1.54, 1.807) is 0 Å². The van der Waals surface area contributed by atoms with Gasteiger partial charge >= 0.3 is 0 Å². The molecule has 1 heterocycles. The molecule has 0 saturated heterocycles. The van der Waals surface area contributed by atoms with Gasteiger partial charge in [-0.15, -0.1) is 0 Å². The monoisotopic (exact) mass is 277 g/mol. The Hall–Kier alpha value is -0.650. The van der Waals surface area contributed by atoms with Crippen molar-refractivity contribution in [3.8, 4) is 0 Å². The molecule has 96 valence electrons. The maximum absolute atomic E-state index is 5.67. The summed E-state index contributed by atoms with van der Waals surface area (Å²) in [6, 6.07) is 0. The van der Waals surface area contributed by atoms with Gasteiger partial charge in [0.15, 0.2) is 0 Å². The number of rotatable bonds is 7. The van der Waals surface area contributed by atoms with Crippen LogP contribution in [0.5, 0.6) is 0 Å². The van der Waals surface area contributed by atoms with Gasteiger partial charge in [0.1, 0.15) is 0 Å². The molecule has 0 saturated carbocycles. The standard InChI is InChI=1S/C10H17Cl2N5/c1-3-6-17(4-2)7-5-13-10-15-8(11)14-9(12)16-10/h3-7H2,1-2H3,(H,13,14,15,16). The van der Waals surface area contributed by atoms with Crippen LogP contribution in [0.1, 0.15) is 20.3 Å². The minimum Gasteiger partial charge on any atom is -0.353 e. The lowest BCUT2D eigenvalue weighted by atomic mass is 10.4. The van der Waals surface area contributed by atoms with Crippen LogP contribution < -0.4 is 5.32 Å². The fraction of sp³-hybridized carbons (Fsp3) is 0.700. The van der Waals surface area contributed by atoms with Crippen LogP contribution in [0.3, 0.4) is 0 Å². The first-order valence-electron chi connectivity index (χ1n) is 5.69. The van der Waals surface area contributed by atoms with E-state index in [0.29, 0.717) is 5.95 Å². The summed E-state index contributed by atoms with van der Waals surface area (Å²) < 4.78 is 0. The Morgan fingerprint density at radius 2 is 1.71 bits per heavy atom. The first-order valence-corrected chi connectivity index (χ1v) is 6.44. The lowest BCUT2D eigenvalue weighted by molar-refractivity contribution is 0.300. The summed E-state index contributed by atoms with van der Waals surface area (Å²) in [7, 11) is 0. The summed E-state index contributed by atoms with van der Waals surface area (Å²) in [6.07, 6.45) is 1.15. The van der Waals surface area contributed by atoms with Gasteiger partial charge in [-0.25, -0.2) is 0 Å². The van der Waals surface area contributed by atoms with E-state index in [0.717, 1.165) is 32.6 Å². The molecule has 7 heteroatoms. The van der Waals surface area contributed by atoms with Crippen molar-refractivity contribution < 1.29 is 0 Å². The highest BCUT2D eigenvalue weighted by molar-refractivity contribution is 6.31. The van der Waals surface area contributed by atoms with E-state index in [4.69, 9.17) is 23.2 Å². The van der Waals surface area contributed by atoms with Crippen molar-refractivity contribution in [1.82, 2.24) is 19.9 Å². The molecule has 1 aromatic rings. The largest absolute Gasteiger partial charge is 0.353 e. The number of anilines is 1. The fourth-order valence-corrected chi connectivity index (χ4v) is 1.84. The number of likely N-dealkylation sites (N-methyl/N-ethyl adjacent to an activating group) is 1. The second-order valence-electron chi connectivity index (χ2n) is 3.56. The van der Waals surface area contributed by atoms with Gasteiger partial charge < -0.3 is 10.2 Å². The van der Waals surface area contributed by atoms with Gasteiger partial charge in [0, 0.05) is 13.1 Å². The molecule has 5 nitrogen and oxygen atoms in total. The summed E-state index contributed by atoms with van der Waals surface area (Å²) >= 11 is 11.3. The van der Waals surface area contributed by atoms with Crippen molar-refractivity contribution in [3.63, 3.8) is 0 Å². The van der Waals surface area contributed by atoms with E-state index in [1.165, 1.54) is 0 Å². The van der Waals surface area contributed by atoms with E-state index >= 15 is 0 Å². The highest BCUT2D eigenvalue weighted by Gasteiger charge is 2.04. The molecule has 0 spiro atoms. The molecule has 1 rings (SSSR count). The van der Waals surface area contributed by atoms with Crippen molar-refractivity contribution >= 4 is 29.2 Å². The maximum atomic E-state index is 5.67. The molecule has 0 bridgehead atoms. The van der Waals surface area contributed by atoms with Crippen molar-refractivity contribution in [2.45, 2.75) is 20.3 Å². The Kier molecular flexibility index (Phi) is 6.47. The topological polar surface area (TPSA) is 53.9 Å². The minimum atomic E-state index is 0.105. The van der Waals surface area contributed by atoms with Crippen LogP contribution in [0.2, 0.25) is 10.6 Å². The zero-order chi connectivity index (χ0) is 12.7. The van der Waals surface area contributed by atoms with Crippen LogP contribution in [0, 0.1) is 0 Å². The Labute approximate surface area is 112 Å². The van der Waals surface area contributed by atoms with E-state index in [2.05, 4.69) is 39.0 Å². The normalized spacial score (nSPS) is 10.9. The highest BCUT2D eigenvalue weighted by atomic mass is 35.5. The number of halogens is 2. The molecule has 0 atom stereocenters. The van der Waals surface area contributed by atoms with E-state index in [-0.39, 0.29) is 10.6 Å². The Morgan fingerprint density at radius 1 is 1.06 bits per heavy atom. The molecule has 0 fully saturated rings. The quantitative estimate of drug-likeness (QED) is 0.829. The molecule has 0 aliphatic rings. The lowest BCUT2D eigenvalue weighted by Crippen LogP contribution is -2.30. The Bertz CT molecular complexity index is 327. The summed E-state index contributed by atoms with van der Waals surface area (Å²) in [5.41, 5.74) is 0. The third-order valence-corrected chi connectivity index (χ3v) is 2.62. The molecule has 1 N–H and O–H groups in total. The molecule has 0 aromatic carbocycles. The summed E-state index contributed by atoms with van der Waals surface area (Å²) in [4.78, 5) is 13.9. The molecule has 0 unspecified atom stereocenters. The fourth-order valence-electron chi connectivity index (χ4n) is 1.48. The lowest BCUT2D eigenvalue weighted by Gasteiger charge is -2.19. The zero-order valence-electron chi connectivity index (χ0n) is 10.1. The van der Waals surface area contributed by atoms with Gasteiger partial charge in [0.2, 0.25) is 16.5 Å². The van der Waals surface area contributed by atoms with Gasteiger partial charge in [0.25, 0.3) is 0 Å². The average molecular weight is 278 g/mol. The van der Waals surface area contributed by atoms with Crippen LogP contribution in [0.4, 0.5) is 5.95 Å². The maximum Gasteiger partial charge on any atom is 0.228 e. The van der Waals surface area contributed by atoms with Crippen LogP contribution in [-0.2, 0) is 0 Å². The molecule has 0 aliphatic heterocycles. The number of nitrogens with one attached hydrogen (secondary N) is 1. The third kappa shape index (κ3) is 5.48. The van der Waals surface area contributed by atoms with Crippen molar-refractivity contribution in [2.24, 2.45) is 0 Å².